The maximum Gasteiger partial charge on any atom is 0.316 e. The molecule has 8 bridgehead atoms. The molecule has 128 heavy (non-hydrogen) atoms. The van der Waals surface area contributed by atoms with Crippen LogP contribution in [0.1, 0.15) is 486 Å². The fourth-order valence-corrected chi connectivity index (χ4v) is 16.2. The summed E-state index contributed by atoms with van der Waals surface area (Å²) in [6.07, 6.45) is 31.8. The molecular weight excluding hydrogens is 1630 g/mol. The van der Waals surface area contributed by atoms with E-state index in [0.29, 0.717) is 95.9 Å². The fraction of sp³-hybridized carbons (Fsp3) is 0.709. The second-order valence-corrected chi connectivity index (χ2v) is 46.0. The van der Waals surface area contributed by atoms with Crippen molar-refractivity contribution in [2.45, 2.75) is 442 Å². The van der Waals surface area contributed by atoms with Crippen LogP contribution in [0.15, 0.2) is 48.5 Å². The molecule has 0 saturated carbocycles. The number of hydrogen-bond acceptors (Lipinski definition) is 18. The van der Waals surface area contributed by atoms with E-state index in [1.54, 1.807) is 202 Å². The summed E-state index contributed by atoms with van der Waals surface area (Å²) in [6.45, 7) is 49.6. The van der Waals surface area contributed by atoms with Crippen LogP contribution >= 0.6 is 11.8 Å². The number of aliphatic hydroxyl groups is 1. The number of carbonyl (C=O) groups is 8. The van der Waals surface area contributed by atoms with Gasteiger partial charge in [0.25, 0.3) is 0 Å². The van der Waals surface area contributed by atoms with E-state index in [-0.39, 0.29) is 52.6 Å². The highest BCUT2D eigenvalue weighted by atomic mass is 32.2. The molecule has 17 nitrogen and oxygen atoms in total. The summed E-state index contributed by atoms with van der Waals surface area (Å²) in [7, 11) is 0. The molecule has 0 heterocycles. The number of esters is 8. The molecule has 18 heteroatoms. The molecule has 0 amide bonds. The lowest BCUT2D eigenvalue weighted by atomic mass is 9.76. The summed E-state index contributed by atoms with van der Waals surface area (Å²) in [5.41, 5.74) is -5.05. The number of aliphatic hydroxyl groups excluding tert-OH is 1. The van der Waals surface area contributed by atoms with Gasteiger partial charge in [-0.05, 0) is 228 Å². The predicted octanol–water partition coefficient (Wildman–Crippen LogP) is 30.0. The fourth-order valence-electron chi connectivity index (χ4n) is 15.4. The van der Waals surface area contributed by atoms with E-state index in [1.165, 1.54) is 0 Å². The van der Waals surface area contributed by atoms with Crippen molar-refractivity contribution in [3.05, 3.63) is 93.0 Å². The number of ether oxygens (including phenoxy) is 8. The maximum atomic E-state index is 15.4. The van der Waals surface area contributed by atoms with Crippen molar-refractivity contribution in [1.29, 1.82) is 0 Å². The summed E-state index contributed by atoms with van der Waals surface area (Å²) in [6, 6.07) is 14.7. The zero-order valence-corrected chi connectivity index (χ0v) is 85.7. The van der Waals surface area contributed by atoms with Crippen LogP contribution in [0.5, 0.6) is 46.0 Å². The molecule has 0 fully saturated rings. The van der Waals surface area contributed by atoms with Gasteiger partial charge in [-0.2, -0.15) is 11.8 Å². The highest BCUT2D eigenvalue weighted by molar-refractivity contribution is 7.99. The molecule has 2 atom stereocenters. The van der Waals surface area contributed by atoms with Gasteiger partial charge < -0.3 is 43.0 Å². The minimum absolute atomic E-state index is 0.0733. The molecule has 5 rings (SSSR count). The molecule has 4 aromatic rings. The predicted molar refractivity (Wildman–Crippen MR) is 522 cm³/mol. The summed E-state index contributed by atoms with van der Waals surface area (Å²) >= 11 is 1.77. The van der Waals surface area contributed by atoms with E-state index < -0.39 is 115 Å². The van der Waals surface area contributed by atoms with Gasteiger partial charge >= 0.3 is 47.8 Å². The first-order chi connectivity index (χ1) is 59.8. The summed E-state index contributed by atoms with van der Waals surface area (Å²) < 4.78 is 56.0. The first-order valence-electron chi connectivity index (χ1n) is 49.5. The van der Waals surface area contributed by atoms with E-state index in [1.807, 2.05) is 24.3 Å². The minimum Gasteiger partial charge on any atom is -0.426 e. The van der Waals surface area contributed by atoms with Gasteiger partial charge in [-0.3, -0.25) is 38.4 Å². The van der Waals surface area contributed by atoms with Crippen molar-refractivity contribution >= 4 is 59.5 Å². The standard InChI is InChI=1S/C110H172O17S/c1-28-31-34-37-40-45-50-55-60-75-79-67-81(89(122-97(114)105(10,11)12)71-87(79)120-95(112)103(4,5)6)76(61-56-51-46-41-38-35-32-29-2)83-69-85(93(126-101(118)109(22,23)24)73-91(83)124-99(116)107(16,17)18)78(63-58-53-48-43-44-49-54-59-65-128-66-64-111)86-70-84(92(125-100(117)108(19,20)21)74-94(86)127-102(119)110(25,26)27)77(62-57-52-47-42-39-36-33-30-3)82-68-80(75)88(121-96(113)104(7,8)9)72-90(82)123-98(115)106(13,14)15/h67-78,111H,28-66H2,1-27H3. The third kappa shape index (κ3) is 36.5. The van der Waals surface area contributed by atoms with Gasteiger partial charge in [-0.15, -0.1) is 0 Å². The molecule has 0 radical (unpaired) electrons. The van der Waals surface area contributed by atoms with Crippen LogP contribution < -0.4 is 37.9 Å². The van der Waals surface area contributed by atoms with Crippen molar-refractivity contribution in [1.82, 2.24) is 0 Å². The molecule has 1 N–H and O–H groups in total. The van der Waals surface area contributed by atoms with Crippen LogP contribution in [0, 0.1) is 43.3 Å². The van der Waals surface area contributed by atoms with E-state index >= 15 is 38.4 Å². The van der Waals surface area contributed by atoms with Gasteiger partial charge in [0.1, 0.15) is 46.0 Å². The molecule has 0 aliphatic heterocycles. The lowest BCUT2D eigenvalue weighted by molar-refractivity contribution is -0.144. The molecule has 720 valence electrons. The first-order valence-corrected chi connectivity index (χ1v) is 50.6. The number of benzene rings is 4. The summed E-state index contributed by atoms with van der Waals surface area (Å²) in [5.74, 6) is -5.95. The Hall–Kier alpha value is -7.05. The van der Waals surface area contributed by atoms with E-state index in [9.17, 15) is 5.11 Å². The Bertz CT molecular complexity index is 3500. The molecule has 1 aliphatic rings. The molecule has 4 aromatic carbocycles. The van der Waals surface area contributed by atoms with Gasteiger partial charge in [-0.25, -0.2) is 0 Å². The van der Waals surface area contributed by atoms with E-state index in [0.717, 1.165) is 191 Å². The third-order valence-electron chi connectivity index (χ3n) is 23.9. The molecule has 1 aliphatic carbocycles. The summed E-state index contributed by atoms with van der Waals surface area (Å²) in [4.78, 5) is 123. The zero-order valence-electron chi connectivity index (χ0n) is 84.9. The molecule has 0 saturated heterocycles. The van der Waals surface area contributed by atoms with Crippen LogP contribution in [0.3, 0.4) is 0 Å². The Morgan fingerprint density at radius 2 is 0.359 bits per heavy atom. The second kappa shape index (κ2) is 51.8. The van der Waals surface area contributed by atoms with Gasteiger partial charge in [-0.1, -0.05) is 220 Å². The Morgan fingerprint density at radius 3 is 0.500 bits per heavy atom. The number of unbranched alkanes of at least 4 members (excludes halogenated alkanes) is 28. The minimum atomic E-state index is -1.11. The topological polar surface area (TPSA) is 231 Å². The summed E-state index contributed by atoms with van der Waals surface area (Å²) in [5, 5.41) is 9.47. The Kier molecular flexibility index (Phi) is 45.1. The molecule has 0 spiro atoms. The normalized spacial score (nSPS) is 15.3. The first kappa shape index (κ1) is 111. The Balaban J connectivity index is 2.42. The highest BCUT2D eigenvalue weighted by Gasteiger charge is 2.42. The smallest absolute Gasteiger partial charge is 0.316 e. The van der Waals surface area contributed by atoms with E-state index in [4.69, 9.17) is 37.9 Å². The van der Waals surface area contributed by atoms with Crippen molar-refractivity contribution in [3.8, 4) is 46.0 Å². The number of hydrogen-bond donors (Lipinski definition) is 1. The van der Waals surface area contributed by atoms with Crippen LogP contribution in [-0.2, 0) is 38.4 Å². The van der Waals surface area contributed by atoms with Crippen LogP contribution in [0.25, 0.3) is 0 Å². The largest absolute Gasteiger partial charge is 0.426 e. The van der Waals surface area contributed by atoms with E-state index in [2.05, 4.69) is 20.8 Å². The zero-order chi connectivity index (χ0) is 95.8. The quantitative estimate of drug-likeness (QED) is 0.0246. The van der Waals surface area contributed by atoms with Crippen LogP contribution in [0.4, 0.5) is 0 Å². The van der Waals surface area contributed by atoms with Crippen LogP contribution in [0.2, 0.25) is 0 Å². The Morgan fingerprint density at radius 1 is 0.219 bits per heavy atom. The number of rotatable bonds is 48. The SMILES string of the molecule is CCCCCCCCCCC1c2cc(c(OC(=O)C(C)(C)C)cc2OC(=O)C(C)(C)C)C(CCCCCCCCCC)c2cc(c(OC(=O)C(C)(C)C)cc2OC(=O)C(C)(C)C)C(CCCCCCCCCCSCCO)c2cc(c(OC(=O)C(C)(C)C)cc2OC(=O)C(C)(C)C)C(CCCCCCCCCC)c2cc1c(OC(=O)C(C)(C)C)cc2OC(=O)C(C)(C)C. The average molecular weight is 1800 g/mol. The molecular formula is C110H172O17S. The van der Waals surface area contributed by atoms with Crippen LogP contribution in [-0.4, -0.2) is 71.0 Å². The van der Waals surface area contributed by atoms with Crippen molar-refractivity contribution in [3.63, 3.8) is 0 Å². The van der Waals surface area contributed by atoms with Gasteiger partial charge in [0, 0.05) is 98.2 Å². The van der Waals surface area contributed by atoms with Gasteiger partial charge in [0.15, 0.2) is 0 Å². The van der Waals surface area contributed by atoms with Crippen molar-refractivity contribution < 1.29 is 81.4 Å². The second-order valence-electron chi connectivity index (χ2n) is 44.8. The maximum absolute atomic E-state index is 15.4. The number of carbonyl (C=O) groups excluding carboxylic acids is 8. The monoisotopic (exact) mass is 1800 g/mol. The molecule has 2 unspecified atom stereocenters. The van der Waals surface area contributed by atoms with Gasteiger partial charge in [0.2, 0.25) is 0 Å². The number of thioether (sulfide) groups is 1. The van der Waals surface area contributed by atoms with Gasteiger partial charge in [0.05, 0.1) is 49.9 Å². The molecule has 0 aromatic heterocycles. The Labute approximate surface area is 778 Å². The number of fused-ring (bicyclic) bond motifs is 8. The van der Waals surface area contributed by atoms with Crippen molar-refractivity contribution in [2.75, 3.05) is 18.1 Å². The average Bonchev–Trinajstić information content (AvgIpc) is 0.739. The van der Waals surface area contributed by atoms with Crippen molar-refractivity contribution in [2.24, 2.45) is 43.3 Å². The lowest BCUT2D eigenvalue weighted by Gasteiger charge is -2.33. The lowest BCUT2D eigenvalue weighted by Crippen LogP contribution is -2.29. The highest BCUT2D eigenvalue weighted by Crippen LogP contribution is 2.56. The third-order valence-corrected chi connectivity index (χ3v) is 24.9.